The predicted molar refractivity (Wildman–Crippen MR) is 94.6 cm³/mol. The van der Waals surface area contributed by atoms with Gasteiger partial charge in [0.15, 0.2) is 0 Å². The highest BCUT2D eigenvalue weighted by Gasteiger charge is 2.31. The Morgan fingerprint density at radius 1 is 1.26 bits per heavy atom. The molecule has 1 unspecified atom stereocenters. The van der Waals surface area contributed by atoms with E-state index in [1.54, 1.807) is 17.4 Å². The number of benzene rings is 1. The smallest absolute Gasteiger partial charge is 0.306 e. The van der Waals surface area contributed by atoms with E-state index in [1.807, 2.05) is 17.5 Å². The van der Waals surface area contributed by atoms with Crippen molar-refractivity contribution in [2.24, 2.45) is 5.92 Å². The Labute approximate surface area is 149 Å². The number of carboxylic acid groups (broad SMARTS) is 1. The van der Waals surface area contributed by atoms with Gasteiger partial charge < -0.3 is 5.11 Å². The molecule has 122 valence electrons. The number of carbonyl (C=O) groups is 1. The van der Waals surface area contributed by atoms with Crippen LogP contribution in [0.3, 0.4) is 0 Å². The van der Waals surface area contributed by atoms with Crippen LogP contribution in [-0.2, 0) is 4.79 Å². The van der Waals surface area contributed by atoms with Gasteiger partial charge in [0.1, 0.15) is 0 Å². The molecule has 6 heteroatoms. The molecule has 1 atom stereocenters. The fraction of sp³-hybridized carbons (Fsp3) is 0.353. The minimum atomic E-state index is -0.697. The van der Waals surface area contributed by atoms with E-state index in [0.717, 1.165) is 18.7 Å². The Balaban J connectivity index is 1.92. The van der Waals surface area contributed by atoms with Gasteiger partial charge in [-0.1, -0.05) is 35.3 Å². The van der Waals surface area contributed by atoms with E-state index in [9.17, 15) is 9.90 Å². The molecule has 2 heterocycles. The Morgan fingerprint density at radius 3 is 2.61 bits per heavy atom. The lowest BCUT2D eigenvalue weighted by Gasteiger charge is -2.37. The van der Waals surface area contributed by atoms with Gasteiger partial charge in [-0.25, -0.2) is 0 Å². The molecule has 0 amide bonds. The number of hydrogen-bond acceptors (Lipinski definition) is 3. The Hall–Kier alpha value is -1.07. The van der Waals surface area contributed by atoms with Crippen molar-refractivity contribution in [2.45, 2.75) is 18.9 Å². The highest BCUT2D eigenvalue weighted by atomic mass is 35.5. The number of hydrogen-bond donors (Lipinski definition) is 1. The lowest BCUT2D eigenvalue weighted by Crippen LogP contribution is -2.39. The number of likely N-dealkylation sites (tertiary alicyclic amines) is 1. The molecule has 0 aliphatic carbocycles. The zero-order valence-electron chi connectivity index (χ0n) is 12.4. The third-order valence-corrected chi connectivity index (χ3v) is 5.91. The lowest BCUT2D eigenvalue weighted by molar-refractivity contribution is -0.143. The van der Waals surface area contributed by atoms with Gasteiger partial charge in [0.2, 0.25) is 0 Å². The summed E-state index contributed by atoms with van der Waals surface area (Å²) in [7, 11) is 0. The molecule has 2 aromatic rings. The zero-order chi connectivity index (χ0) is 16.4. The summed E-state index contributed by atoms with van der Waals surface area (Å²) in [6, 6.07) is 7.80. The van der Waals surface area contributed by atoms with E-state index in [1.165, 1.54) is 5.56 Å². The molecule has 1 N–H and O–H groups in total. The Bertz CT molecular complexity index is 682. The summed E-state index contributed by atoms with van der Waals surface area (Å²) in [5.74, 6) is -0.943. The fourth-order valence-electron chi connectivity index (χ4n) is 3.15. The third-order valence-electron chi connectivity index (χ3n) is 4.38. The van der Waals surface area contributed by atoms with E-state index in [4.69, 9.17) is 23.2 Å². The topological polar surface area (TPSA) is 40.5 Å². The van der Waals surface area contributed by atoms with Crippen molar-refractivity contribution in [1.82, 2.24) is 4.90 Å². The number of thiophene rings is 1. The molecule has 1 aromatic heterocycles. The molecule has 1 aromatic carbocycles. The summed E-state index contributed by atoms with van der Waals surface area (Å²) < 4.78 is 0. The van der Waals surface area contributed by atoms with Gasteiger partial charge in [0.05, 0.1) is 22.0 Å². The van der Waals surface area contributed by atoms with E-state index in [-0.39, 0.29) is 12.0 Å². The lowest BCUT2D eigenvalue weighted by atomic mass is 9.92. The summed E-state index contributed by atoms with van der Waals surface area (Å²) in [5.41, 5.74) is 2.15. The summed E-state index contributed by atoms with van der Waals surface area (Å²) in [4.78, 5) is 13.5. The summed E-state index contributed by atoms with van der Waals surface area (Å²) >= 11 is 14.3. The van der Waals surface area contributed by atoms with Crippen LogP contribution in [0.25, 0.3) is 0 Å². The molecule has 3 nitrogen and oxygen atoms in total. The van der Waals surface area contributed by atoms with Gasteiger partial charge in [0.25, 0.3) is 0 Å². The molecule has 0 spiro atoms. The van der Waals surface area contributed by atoms with Crippen molar-refractivity contribution in [3.05, 3.63) is 56.2 Å². The molecular weight excluding hydrogens is 353 g/mol. The first-order chi connectivity index (χ1) is 11.1. The second-order valence-electron chi connectivity index (χ2n) is 5.75. The maximum absolute atomic E-state index is 11.2. The molecule has 0 bridgehead atoms. The predicted octanol–water partition coefficient (Wildman–Crippen LogP) is 4.94. The molecule has 3 rings (SSSR count). The maximum atomic E-state index is 11.2. The van der Waals surface area contributed by atoms with Crippen molar-refractivity contribution in [1.29, 1.82) is 0 Å². The van der Waals surface area contributed by atoms with E-state index in [0.29, 0.717) is 22.9 Å². The van der Waals surface area contributed by atoms with Crippen molar-refractivity contribution in [3.8, 4) is 0 Å². The summed E-state index contributed by atoms with van der Waals surface area (Å²) in [5, 5.41) is 14.5. The van der Waals surface area contributed by atoms with E-state index < -0.39 is 5.97 Å². The highest BCUT2D eigenvalue weighted by molar-refractivity contribution is 7.08. The molecule has 1 fully saturated rings. The van der Waals surface area contributed by atoms with Gasteiger partial charge in [-0.05, 0) is 60.0 Å². The van der Waals surface area contributed by atoms with Gasteiger partial charge >= 0.3 is 5.97 Å². The average molecular weight is 370 g/mol. The second-order valence-corrected chi connectivity index (χ2v) is 7.32. The largest absolute Gasteiger partial charge is 0.481 e. The van der Waals surface area contributed by atoms with Crippen LogP contribution in [-0.4, -0.2) is 29.1 Å². The van der Waals surface area contributed by atoms with Crippen LogP contribution in [0.5, 0.6) is 0 Å². The summed E-state index contributed by atoms with van der Waals surface area (Å²) in [6.45, 7) is 1.47. The quantitative estimate of drug-likeness (QED) is 0.829. The number of halogens is 2. The fourth-order valence-corrected chi connectivity index (χ4v) is 4.24. The SMILES string of the molecule is O=C(O)C1CCN(C(c2ccsc2)c2cccc(Cl)c2Cl)CC1. The zero-order valence-corrected chi connectivity index (χ0v) is 14.7. The average Bonchev–Trinajstić information content (AvgIpc) is 3.06. The highest BCUT2D eigenvalue weighted by Crippen LogP contribution is 2.39. The van der Waals surface area contributed by atoms with Crippen LogP contribution in [0.2, 0.25) is 10.0 Å². The van der Waals surface area contributed by atoms with Gasteiger partial charge in [-0.15, -0.1) is 0 Å². The Kier molecular flexibility index (Phi) is 5.27. The van der Waals surface area contributed by atoms with Crippen LogP contribution in [0, 0.1) is 5.92 Å². The normalized spacial score (nSPS) is 18.0. The molecule has 1 aliphatic heterocycles. The van der Waals surface area contributed by atoms with Crippen molar-refractivity contribution in [3.63, 3.8) is 0 Å². The number of aliphatic carboxylic acids is 1. The molecule has 1 saturated heterocycles. The summed E-state index contributed by atoms with van der Waals surface area (Å²) in [6.07, 6.45) is 1.32. The van der Waals surface area contributed by atoms with Crippen LogP contribution in [0.4, 0.5) is 0 Å². The van der Waals surface area contributed by atoms with Crippen molar-refractivity contribution in [2.75, 3.05) is 13.1 Å². The van der Waals surface area contributed by atoms with Crippen molar-refractivity contribution < 1.29 is 9.90 Å². The Morgan fingerprint density at radius 2 is 2.00 bits per heavy atom. The molecule has 0 radical (unpaired) electrons. The third kappa shape index (κ3) is 3.56. The molecule has 23 heavy (non-hydrogen) atoms. The first-order valence-corrected chi connectivity index (χ1v) is 9.20. The van der Waals surface area contributed by atoms with Crippen molar-refractivity contribution >= 4 is 40.5 Å². The van der Waals surface area contributed by atoms with Crippen LogP contribution >= 0.6 is 34.5 Å². The molecule has 1 aliphatic rings. The van der Waals surface area contributed by atoms with Crippen LogP contribution in [0.1, 0.15) is 30.0 Å². The molecular formula is C17H17Cl2NO2S. The van der Waals surface area contributed by atoms with E-state index >= 15 is 0 Å². The standard InChI is InChI=1S/C17H17Cl2NO2S/c18-14-3-1-2-13(15(14)19)16(12-6-9-23-10-12)20-7-4-11(5-8-20)17(21)22/h1-3,6,9-11,16H,4-5,7-8H2,(H,21,22). The van der Waals surface area contributed by atoms with E-state index in [2.05, 4.69) is 16.3 Å². The maximum Gasteiger partial charge on any atom is 0.306 e. The van der Waals surface area contributed by atoms with Gasteiger partial charge in [-0.3, -0.25) is 9.69 Å². The number of piperidine rings is 1. The minimum absolute atomic E-state index is 0.0159. The monoisotopic (exact) mass is 369 g/mol. The van der Waals surface area contributed by atoms with Crippen LogP contribution < -0.4 is 0 Å². The second kappa shape index (κ2) is 7.22. The first kappa shape index (κ1) is 16.8. The number of rotatable bonds is 4. The first-order valence-electron chi connectivity index (χ1n) is 7.50. The number of carboxylic acids is 1. The molecule has 0 saturated carbocycles. The minimum Gasteiger partial charge on any atom is -0.481 e. The van der Waals surface area contributed by atoms with Gasteiger partial charge in [0, 0.05) is 0 Å². The van der Waals surface area contributed by atoms with Gasteiger partial charge in [-0.2, -0.15) is 11.3 Å². The van der Waals surface area contributed by atoms with Crippen LogP contribution in [0.15, 0.2) is 35.0 Å². The number of nitrogens with zero attached hydrogens (tertiary/aromatic N) is 1.